The Morgan fingerprint density at radius 2 is 1.50 bits per heavy atom. The van der Waals surface area contributed by atoms with Crippen LogP contribution in [0.2, 0.25) is 5.02 Å². The van der Waals surface area contributed by atoms with Gasteiger partial charge < -0.3 is 20.3 Å². The Hall–Kier alpha value is -2.38. The highest BCUT2D eigenvalue weighted by Crippen LogP contribution is 2.60. The Bertz CT molecular complexity index is 1130. The predicted molar refractivity (Wildman–Crippen MR) is 144 cm³/mol. The van der Waals surface area contributed by atoms with Gasteiger partial charge in [-0.3, -0.25) is 14.4 Å². The minimum absolute atomic E-state index is 0.0998. The van der Waals surface area contributed by atoms with Crippen molar-refractivity contribution >= 4 is 29.3 Å². The smallest absolute Gasteiger partial charge is 0.246 e. The van der Waals surface area contributed by atoms with E-state index in [9.17, 15) is 14.4 Å². The Kier molecular flexibility index (Phi) is 6.79. The molecule has 2 saturated heterocycles. The Morgan fingerprint density at radius 1 is 0.921 bits per heavy atom. The van der Waals surface area contributed by atoms with Gasteiger partial charge in [-0.15, -0.1) is 0 Å². The van der Waals surface area contributed by atoms with E-state index in [2.05, 4.69) is 10.6 Å². The highest BCUT2D eigenvalue weighted by Gasteiger charge is 2.76. The van der Waals surface area contributed by atoms with E-state index in [1.165, 1.54) is 12.8 Å². The number of fused-ring (bicyclic) bond motifs is 1. The molecule has 0 aromatic heterocycles. The quantitative estimate of drug-likeness (QED) is 0.528. The molecular weight excluding hydrogens is 502 g/mol. The summed E-state index contributed by atoms with van der Waals surface area (Å²) < 4.78 is 6.66. The number of likely N-dealkylation sites (tertiary alicyclic amines) is 1. The van der Waals surface area contributed by atoms with Crippen LogP contribution in [0.5, 0.6) is 0 Å². The number of amides is 3. The van der Waals surface area contributed by atoms with E-state index in [0.717, 1.165) is 56.9 Å². The summed E-state index contributed by atoms with van der Waals surface area (Å²) in [5.74, 6) is -1.94. The fourth-order valence-electron chi connectivity index (χ4n) is 7.65. The third kappa shape index (κ3) is 4.36. The maximum atomic E-state index is 14.2. The van der Waals surface area contributed by atoms with Gasteiger partial charge in [-0.1, -0.05) is 74.4 Å². The second-order valence-corrected chi connectivity index (χ2v) is 12.5. The van der Waals surface area contributed by atoms with E-state index in [1.54, 1.807) is 17.0 Å². The minimum atomic E-state index is -1.16. The van der Waals surface area contributed by atoms with Gasteiger partial charge in [-0.2, -0.15) is 0 Å². The molecule has 2 saturated carbocycles. The Morgan fingerprint density at radius 3 is 2.11 bits per heavy atom. The summed E-state index contributed by atoms with van der Waals surface area (Å²) in [7, 11) is 0. The fraction of sp³-hybridized carbons (Fsp3) is 0.633. The SMILES string of the molecule is C[C@@]12C=C[C@]3(O1)[C@H](C(=O)N(Cc1ccc(Cl)cc1)[C@@H]3C(=O)NC1CCCCC1)[C@@H]2C(=O)NC1CCCCC1. The number of benzene rings is 1. The Balaban J connectivity index is 1.33. The zero-order valence-electron chi connectivity index (χ0n) is 22.1. The lowest BCUT2D eigenvalue weighted by molar-refractivity contribution is -0.146. The molecule has 5 atom stereocenters. The van der Waals surface area contributed by atoms with E-state index in [4.69, 9.17) is 16.3 Å². The number of carbonyl (C=O) groups excluding carboxylic acids is 3. The molecule has 3 aliphatic heterocycles. The summed E-state index contributed by atoms with van der Waals surface area (Å²) in [4.78, 5) is 43.6. The van der Waals surface area contributed by atoms with Gasteiger partial charge in [-0.05, 0) is 50.3 Å². The van der Waals surface area contributed by atoms with Gasteiger partial charge in [0.05, 0.1) is 17.4 Å². The number of rotatable bonds is 6. The summed E-state index contributed by atoms with van der Waals surface area (Å²) in [5, 5.41) is 7.10. The fourth-order valence-corrected chi connectivity index (χ4v) is 7.78. The van der Waals surface area contributed by atoms with Crippen LogP contribution < -0.4 is 10.6 Å². The van der Waals surface area contributed by atoms with Crippen molar-refractivity contribution in [2.24, 2.45) is 11.8 Å². The molecule has 1 aromatic rings. The molecule has 2 N–H and O–H groups in total. The van der Waals surface area contributed by atoms with Gasteiger partial charge >= 0.3 is 0 Å². The molecule has 8 heteroatoms. The topological polar surface area (TPSA) is 87.7 Å². The number of nitrogens with one attached hydrogen (secondary N) is 2. The largest absolute Gasteiger partial charge is 0.356 e. The molecule has 4 fully saturated rings. The van der Waals surface area contributed by atoms with Crippen LogP contribution in [-0.2, 0) is 25.7 Å². The van der Waals surface area contributed by atoms with Crippen LogP contribution in [0.1, 0.15) is 76.7 Å². The molecule has 6 rings (SSSR count). The molecular formula is C30H38ClN3O4. The lowest BCUT2D eigenvalue weighted by Gasteiger charge is -2.34. The van der Waals surface area contributed by atoms with Crippen LogP contribution in [0, 0.1) is 11.8 Å². The lowest BCUT2D eigenvalue weighted by atomic mass is 9.70. The van der Waals surface area contributed by atoms with E-state index in [-0.39, 0.29) is 36.3 Å². The van der Waals surface area contributed by atoms with E-state index in [1.807, 2.05) is 31.2 Å². The molecule has 0 radical (unpaired) electrons. The molecule has 5 aliphatic rings. The highest BCUT2D eigenvalue weighted by molar-refractivity contribution is 6.30. The molecule has 7 nitrogen and oxygen atoms in total. The number of hydrogen-bond donors (Lipinski definition) is 2. The summed E-state index contributed by atoms with van der Waals surface area (Å²) >= 11 is 6.10. The number of hydrogen-bond acceptors (Lipinski definition) is 4. The first-order chi connectivity index (χ1) is 18.3. The van der Waals surface area contributed by atoms with Crippen LogP contribution in [-0.4, -0.2) is 51.9 Å². The van der Waals surface area contributed by atoms with Crippen LogP contribution >= 0.6 is 11.6 Å². The number of halogens is 1. The van der Waals surface area contributed by atoms with Gasteiger partial charge in [0.15, 0.2) is 0 Å². The van der Waals surface area contributed by atoms with Crippen LogP contribution in [0.15, 0.2) is 36.4 Å². The van der Waals surface area contributed by atoms with E-state index < -0.39 is 29.1 Å². The molecule has 3 amide bonds. The van der Waals surface area contributed by atoms with Crippen molar-refractivity contribution in [1.82, 2.24) is 15.5 Å². The molecule has 204 valence electrons. The summed E-state index contributed by atoms with van der Waals surface area (Å²) in [6.45, 7) is 2.14. The van der Waals surface area contributed by atoms with Crippen molar-refractivity contribution in [2.45, 2.75) is 107 Å². The van der Waals surface area contributed by atoms with E-state index >= 15 is 0 Å². The standard InChI is InChI=1S/C30H38ClN3O4/c1-29-16-17-30(38-29)24(23(29)26(35)32-21-8-4-2-5-9-21)28(37)34(18-19-12-14-20(31)15-13-19)25(30)27(36)33-22-10-6-3-7-11-22/h12-17,21-25H,2-11,18H2,1H3,(H,32,35)(H,33,36)/t23-,24+,25-,29+,30+/m1/s1. The van der Waals surface area contributed by atoms with Crippen LogP contribution in [0.4, 0.5) is 0 Å². The zero-order valence-corrected chi connectivity index (χ0v) is 22.8. The van der Waals surface area contributed by atoms with Crippen molar-refractivity contribution in [3.63, 3.8) is 0 Å². The van der Waals surface area contributed by atoms with Gasteiger partial charge in [0.1, 0.15) is 11.6 Å². The molecule has 1 spiro atoms. The Labute approximate surface area is 229 Å². The predicted octanol–water partition coefficient (Wildman–Crippen LogP) is 4.28. The van der Waals surface area contributed by atoms with Crippen molar-refractivity contribution in [3.05, 3.63) is 47.0 Å². The lowest BCUT2D eigenvalue weighted by Crippen LogP contribution is -2.56. The summed E-state index contributed by atoms with van der Waals surface area (Å²) in [6.07, 6.45) is 14.4. The van der Waals surface area contributed by atoms with E-state index in [0.29, 0.717) is 5.02 Å². The number of nitrogens with zero attached hydrogens (tertiary/aromatic N) is 1. The summed E-state index contributed by atoms with van der Waals surface area (Å²) in [5.41, 5.74) is -1.21. The second kappa shape index (κ2) is 9.98. The number of carbonyl (C=O) groups is 3. The maximum absolute atomic E-state index is 14.2. The third-order valence-corrected chi connectivity index (χ3v) is 9.75. The van der Waals surface area contributed by atoms with Gasteiger partial charge in [0, 0.05) is 23.7 Å². The van der Waals surface area contributed by atoms with Crippen molar-refractivity contribution < 1.29 is 19.1 Å². The van der Waals surface area contributed by atoms with Gasteiger partial charge in [0.2, 0.25) is 17.7 Å². The first-order valence-electron chi connectivity index (χ1n) is 14.4. The molecule has 2 bridgehead atoms. The van der Waals surface area contributed by atoms with Crippen molar-refractivity contribution in [2.75, 3.05) is 0 Å². The normalized spacial score (nSPS) is 34.9. The maximum Gasteiger partial charge on any atom is 0.246 e. The monoisotopic (exact) mass is 539 g/mol. The van der Waals surface area contributed by atoms with Crippen molar-refractivity contribution in [3.8, 4) is 0 Å². The zero-order chi connectivity index (χ0) is 26.5. The van der Waals surface area contributed by atoms with Gasteiger partial charge in [-0.25, -0.2) is 0 Å². The van der Waals surface area contributed by atoms with Crippen molar-refractivity contribution in [1.29, 1.82) is 0 Å². The average molecular weight is 540 g/mol. The summed E-state index contributed by atoms with van der Waals surface area (Å²) in [6, 6.07) is 6.71. The average Bonchev–Trinajstić information content (AvgIpc) is 3.47. The number of ether oxygens (including phenoxy) is 1. The second-order valence-electron chi connectivity index (χ2n) is 12.1. The minimum Gasteiger partial charge on any atom is -0.356 e. The first-order valence-corrected chi connectivity index (χ1v) is 14.7. The molecule has 1 aromatic carbocycles. The van der Waals surface area contributed by atoms with Crippen LogP contribution in [0.3, 0.4) is 0 Å². The first kappa shape index (κ1) is 25.9. The molecule has 2 aliphatic carbocycles. The van der Waals surface area contributed by atoms with Gasteiger partial charge in [0.25, 0.3) is 0 Å². The van der Waals surface area contributed by atoms with Crippen LogP contribution in [0.25, 0.3) is 0 Å². The molecule has 3 heterocycles. The highest BCUT2D eigenvalue weighted by atomic mass is 35.5. The molecule has 38 heavy (non-hydrogen) atoms. The molecule has 0 unspecified atom stereocenters. The third-order valence-electron chi connectivity index (χ3n) is 9.50.